The van der Waals surface area contributed by atoms with Crippen molar-refractivity contribution >= 4 is 5.91 Å². The van der Waals surface area contributed by atoms with Gasteiger partial charge in [0.05, 0.1) is 19.8 Å². The summed E-state index contributed by atoms with van der Waals surface area (Å²) in [6.07, 6.45) is 8.87. The molecule has 0 atom stereocenters. The van der Waals surface area contributed by atoms with Gasteiger partial charge < -0.3 is 15.1 Å². The highest BCUT2D eigenvalue weighted by molar-refractivity contribution is 5.80. The molecule has 0 aliphatic heterocycles. The van der Waals surface area contributed by atoms with Crippen molar-refractivity contribution < 1.29 is 15.0 Å². The summed E-state index contributed by atoms with van der Waals surface area (Å²) in [7, 11) is 0. The van der Waals surface area contributed by atoms with Gasteiger partial charge in [-0.25, -0.2) is 0 Å². The molecular weight excluding hydrogens is 256 g/mol. The maximum absolute atomic E-state index is 12.6. The minimum Gasteiger partial charge on any atom is -0.395 e. The van der Waals surface area contributed by atoms with E-state index < -0.39 is 0 Å². The number of aliphatic hydroxyl groups excluding tert-OH is 2. The minimum atomic E-state index is 0.0133. The molecule has 0 aromatic rings. The molecule has 2 N–H and O–H groups in total. The van der Waals surface area contributed by atoms with E-state index in [0.717, 1.165) is 25.7 Å². The molecule has 114 valence electrons. The first-order valence-electron chi connectivity index (χ1n) is 7.71. The van der Waals surface area contributed by atoms with Gasteiger partial charge in [-0.15, -0.1) is 0 Å². The number of allylic oxidation sites excluding steroid dienone is 2. The molecule has 2 aliphatic rings. The molecule has 1 fully saturated rings. The minimum absolute atomic E-state index is 0.0133. The predicted octanol–water partition coefficient (Wildman–Crippen LogP) is 0.722. The van der Waals surface area contributed by atoms with Crippen molar-refractivity contribution in [2.45, 2.75) is 44.6 Å². The van der Waals surface area contributed by atoms with Crippen LogP contribution in [0, 0.1) is 0 Å². The zero-order chi connectivity index (χ0) is 14.4. The maximum Gasteiger partial charge on any atom is 0.241 e. The molecule has 20 heavy (non-hydrogen) atoms. The standard InChI is InChI=1S/C15H26N2O3/c18-10-8-16(9-11-19)12-15(20)17(14-6-7-14)13-4-2-1-3-5-13/h4,14,18-19H,1-3,5-12H2. The Bertz CT molecular complexity index is 347. The quantitative estimate of drug-likeness (QED) is 0.688. The summed E-state index contributed by atoms with van der Waals surface area (Å²) in [4.78, 5) is 16.4. The molecule has 0 unspecified atom stereocenters. The summed E-state index contributed by atoms with van der Waals surface area (Å²) in [6.45, 7) is 1.18. The Morgan fingerprint density at radius 3 is 2.40 bits per heavy atom. The van der Waals surface area contributed by atoms with E-state index in [1.807, 2.05) is 9.80 Å². The number of hydrogen-bond donors (Lipinski definition) is 2. The fraction of sp³-hybridized carbons (Fsp3) is 0.800. The van der Waals surface area contributed by atoms with Gasteiger partial charge in [0.2, 0.25) is 5.91 Å². The Hall–Kier alpha value is -0.910. The number of rotatable bonds is 8. The molecule has 2 rings (SSSR count). The third-order valence-corrected chi connectivity index (χ3v) is 3.95. The summed E-state index contributed by atoms with van der Waals surface area (Å²) < 4.78 is 0. The summed E-state index contributed by atoms with van der Waals surface area (Å²) in [5, 5.41) is 18.1. The normalized spacial score (nSPS) is 19.1. The molecular formula is C15H26N2O3. The molecule has 0 aromatic carbocycles. The lowest BCUT2D eigenvalue weighted by atomic mass is 10.0. The van der Waals surface area contributed by atoms with Gasteiger partial charge in [0.25, 0.3) is 0 Å². The summed E-state index contributed by atoms with van der Waals surface area (Å²) in [6, 6.07) is 0.386. The van der Waals surface area contributed by atoms with Gasteiger partial charge in [0.1, 0.15) is 0 Å². The lowest BCUT2D eigenvalue weighted by Crippen LogP contribution is -2.43. The molecule has 0 spiro atoms. The van der Waals surface area contributed by atoms with E-state index in [4.69, 9.17) is 10.2 Å². The summed E-state index contributed by atoms with van der Waals surface area (Å²) in [5.41, 5.74) is 1.19. The van der Waals surface area contributed by atoms with E-state index >= 15 is 0 Å². The average Bonchev–Trinajstić information content (AvgIpc) is 3.25. The zero-order valence-corrected chi connectivity index (χ0v) is 12.1. The van der Waals surface area contributed by atoms with Crippen molar-refractivity contribution in [1.29, 1.82) is 0 Å². The van der Waals surface area contributed by atoms with Crippen molar-refractivity contribution in [2.75, 3.05) is 32.8 Å². The second kappa shape index (κ2) is 7.76. The molecule has 0 bridgehead atoms. The number of carbonyl (C=O) groups is 1. The number of nitrogens with zero attached hydrogens (tertiary/aromatic N) is 2. The number of aliphatic hydroxyl groups is 2. The lowest BCUT2D eigenvalue weighted by Gasteiger charge is -2.30. The number of hydrogen-bond acceptors (Lipinski definition) is 4. The largest absolute Gasteiger partial charge is 0.395 e. The van der Waals surface area contributed by atoms with E-state index in [9.17, 15) is 4.79 Å². The number of amides is 1. The van der Waals surface area contributed by atoms with E-state index in [-0.39, 0.29) is 25.7 Å². The van der Waals surface area contributed by atoms with Gasteiger partial charge in [0.15, 0.2) is 0 Å². The van der Waals surface area contributed by atoms with Crippen molar-refractivity contribution in [1.82, 2.24) is 9.80 Å². The van der Waals surface area contributed by atoms with Crippen LogP contribution in [0.15, 0.2) is 11.8 Å². The van der Waals surface area contributed by atoms with Crippen LogP contribution >= 0.6 is 0 Å². The smallest absolute Gasteiger partial charge is 0.241 e. The van der Waals surface area contributed by atoms with Crippen LogP contribution in [-0.2, 0) is 4.79 Å². The number of carbonyl (C=O) groups excluding carboxylic acids is 1. The Balaban J connectivity index is 1.97. The Kier molecular flexibility index (Phi) is 6.01. The monoisotopic (exact) mass is 282 g/mol. The summed E-state index contributed by atoms with van der Waals surface area (Å²) >= 11 is 0. The van der Waals surface area contributed by atoms with Gasteiger partial charge >= 0.3 is 0 Å². The SMILES string of the molecule is O=C(CN(CCO)CCO)N(C1=CCCCC1)C1CC1. The molecule has 1 saturated carbocycles. The highest BCUT2D eigenvalue weighted by atomic mass is 16.3. The van der Waals surface area contributed by atoms with E-state index in [0.29, 0.717) is 19.1 Å². The molecule has 1 amide bonds. The first-order chi connectivity index (χ1) is 9.76. The van der Waals surface area contributed by atoms with Crippen LogP contribution in [0.4, 0.5) is 0 Å². The Labute approximate surface area is 120 Å². The third-order valence-electron chi connectivity index (χ3n) is 3.95. The van der Waals surface area contributed by atoms with Gasteiger partial charge in [-0.1, -0.05) is 6.08 Å². The van der Waals surface area contributed by atoms with E-state index in [2.05, 4.69) is 6.08 Å². The Morgan fingerprint density at radius 1 is 1.20 bits per heavy atom. The van der Waals surface area contributed by atoms with Crippen LogP contribution in [0.2, 0.25) is 0 Å². The molecule has 0 saturated heterocycles. The molecule has 5 heteroatoms. The molecule has 0 aromatic heterocycles. The first-order valence-corrected chi connectivity index (χ1v) is 7.71. The first kappa shape index (κ1) is 15.5. The molecule has 5 nitrogen and oxygen atoms in total. The van der Waals surface area contributed by atoms with Crippen LogP contribution in [0.3, 0.4) is 0 Å². The van der Waals surface area contributed by atoms with Gasteiger partial charge in [-0.05, 0) is 38.5 Å². The van der Waals surface area contributed by atoms with Gasteiger partial charge in [0, 0.05) is 24.8 Å². The highest BCUT2D eigenvalue weighted by Gasteiger charge is 2.35. The van der Waals surface area contributed by atoms with Gasteiger partial charge in [-0.2, -0.15) is 0 Å². The fourth-order valence-corrected chi connectivity index (χ4v) is 2.79. The zero-order valence-electron chi connectivity index (χ0n) is 12.1. The molecule has 0 heterocycles. The van der Waals surface area contributed by atoms with Crippen LogP contribution in [0.1, 0.15) is 38.5 Å². The highest BCUT2D eigenvalue weighted by Crippen LogP contribution is 2.33. The lowest BCUT2D eigenvalue weighted by molar-refractivity contribution is -0.131. The molecule has 0 radical (unpaired) electrons. The predicted molar refractivity (Wildman–Crippen MR) is 77.0 cm³/mol. The van der Waals surface area contributed by atoms with Crippen LogP contribution in [0.5, 0.6) is 0 Å². The van der Waals surface area contributed by atoms with E-state index in [1.165, 1.54) is 18.5 Å². The van der Waals surface area contributed by atoms with Crippen molar-refractivity contribution in [3.8, 4) is 0 Å². The van der Waals surface area contributed by atoms with Crippen LogP contribution in [-0.4, -0.2) is 64.8 Å². The van der Waals surface area contributed by atoms with Crippen LogP contribution in [0.25, 0.3) is 0 Å². The second-order valence-corrected chi connectivity index (χ2v) is 5.66. The third kappa shape index (κ3) is 4.30. The van der Waals surface area contributed by atoms with Crippen molar-refractivity contribution in [2.24, 2.45) is 0 Å². The van der Waals surface area contributed by atoms with E-state index in [1.54, 1.807) is 0 Å². The molecule has 2 aliphatic carbocycles. The fourth-order valence-electron chi connectivity index (χ4n) is 2.79. The van der Waals surface area contributed by atoms with Crippen LogP contribution < -0.4 is 0 Å². The summed E-state index contributed by atoms with van der Waals surface area (Å²) in [5.74, 6) is 0.113. The topological polar surface area (TPSA) is 64.0 Å². The average molecular weight is 282 g/mol. The maximum atomic E-state index is 12.6. The second-order valence-electron chi connectivity index (χ2n) is 5.66. The van der Waals surface area contributed by atoms with Crippen molar-refractivity contribution in [3.63, 3.8) is 0 Å². The van der Waals surface area contributed by atoms with Crippen molar-refractivity contribution in [3.05, 3.63) is 11.8 Å². The Morgan fingerprint density at radius 2 is 1.90 bits per heavy atom. The van der Waals surface area contributed by atoms with Gasteiger partial charge in [-0.3, -0.25) is 9.69 Å².